The second kappa shape index (κ2) is 6.05. The molecule has 0 spiro atoms. The van der Waals surface area contributed by atoms with Crippen molar-refractivity contribution in [2.75, 3.05) is 7.11 Å². The van der Waals surface area contributed by atoms with E-state index >= 15 is 0 Å². The first-order valence-electron chi connectivity index (χ1n) is 7.39. The van der Waals surface area contributed by atoms with Gasteiger partial charge in [0.25, 0.3) is 0 Å². The first-order chi connectivity index (χ1) is 7.86. The number of hydrogen-bond donors (Lipinski definition) is 0. The van der Waals surface area contributed by atoms with Gasteiger partial charge in [-0.2, -0.15) is 0 Å². The van der Waals surface area contributed by atoms with Crippen molar-refractivity contribution in [1.82, 2.24) is 0 Å². The minimum Gasteiger partial charge on any atom is -0.381 e. The van der Waals surface area contributed by atoms with Gasteiger partial charge >= 0.3 is 0 Å². The largest absolute Gasteiger partial charge is 0.381 e. The Morgan fingerprint density at radius 3 is 2.56 bits per heavy atom. The average molecular weight is 224 g/mol. The van der Waals surface area contributed by atoms with Crippen LogP contribution >= 0.6 is 0 Å². The summed E-state index contributed by atoms with van der Waals surface area (Å²) < 4.78 is 5.82. The number of methoxy groups -OCH3 is 1. The molecule has 94 valence electrons. The third-order valence-corrected chi connectivity index (χ3v) is 4.71. The van der Waals surface area contributed by atoms with Crippen LogP contribution in [0, 0.1) is 17.8 Å². The molecule has 2 aliphatic rings. The van der Waals surface area contributed by atoms with E-state index in [0.29, 0.717) is 6.10 Å². The summed E-state index contributed by atoms with van der Waals surface area (Å²) in [6.45, 7) is 2.30. The fraction of sp³-hybridized carbons (Fsp3) is 1.00. The molecule has 1 nitrogen and oxygen atoms in total. The summed E-state index contributed by atoms with van der Waals surface area (Å²) in [5.41, 5.74) is 0. The molecule has 2 rings (SSSR count). The van der Waals surface area contributed by atoms with Crippen LogP contribution in [0.15, 0.2) is 0 Å². The third-order valence-electron chi connectivity index (χ3n) is 4.71. The van der Waals surface area contributed by atoms with Crippen LogP contribution in [-0.2, 0) is 4.74 Å². The summed E-state index contributed by atoms with van der Waals surface area (Å²) in [6.07, 6.45) is 13.5. The van der Waals surface area contributed by atoms with Crippen molar-refractivity contribution in [3.63, 3.8) is 0 Å². The molecule has 2 aliphatic carbocycles. The molecule has 0 bridgehead atoms. The van der Waals surface area contributed by atoms with Gasteiger partial charge in [-0.3, -0.25) is 0 Å². The van der Waals surface area contributed by atoms with Crippen molar-refractivity contribution in [1.29, 1.82) is 0 Å². The predicted octanol–water partition coefficient (Wildman–Crippen LogP) is 4.41. The molecule has 2 fully saturated rings. The predicted molar refractivity (Wildman–Crippen MR) is 68.5 cm³/mol. The Balaban J connectivity index is 1.77. The van der Waals surface area contributed by atoms with E-state index in [1.807, 2.05) is 7.11 Å². The highest BCUT2D eigenvalue weighted by Crippen LogP contribution is 2.49. The maximum atomic E-state index is 5.82. The van der Waals surface area contributed by atoms with E-state index in [4.69, 9.17) is 4.74 Å². The third kappa shape index (κ3) is 3.00. The molecule has 0 amide bonds. The molecule has 16 heavy (non-hydrogen) atoms. The Kier molecular flexibility index (Phi) is 4.69. The number of unbranched alkanes of at least 4 members (excludes halogenated alkanes) is 1. The molecule has 0 aliphatic heterocycles. The average Bonchev–Trinajstić information content (AvgIpc) is 3.08. The zero-order valence-electron chi connectivity index (χ0n) is 11.1. The summed E-state index contributed by atoms with van der Waals surface area (Å²) in [6, 6.07) is 0. The minimum atomic E-state index is 0.599. The van der Waals surface area contributed by atoms with E-state index < -0.39 is 0 Å². The Bertz CT molecular complexity index is 196. The summed E-state index contributed by atoms with van der Waals surface area (Å²) >= 11 is 0. The standard InChI is InChI=1S/C15H28O/c1-3-4-8-13-11-14(13)15(16-2)12-9-6-5-7-10-12/h12-15H,3-11H2,1-2H3/t13?,14?,15-/m1/s1. The van der Waals surface area contributed by atoms with Gasteiger partial charge in [0, 0.05) is 7.11 Å². The highest BCUT2D eigenvalue weighted by atomic mass is 16.5. The van der Waals surface area contributed by atoms with Crippen molar-refractivity contribution >= 4 is 0 Å². The molecule has 0 radical (unpaired) electrons. The van der Waals surface area contributed by atoms with E-state index in [2.05, 4.69) is 6.92 Å². The number of ether oxygens (including phenoxy) is 1. The van der Waals surface area contributed by atoms with Crippen LogP contribution in [0.5, 0.6) is 0 Å². The van der Waals surface area contributed by atoms with Crippen molar-refractivity contribution in [2.45, 2.75) is 70.8 Å². The molecular formula is C15H28O. The first-order valence-corrected chi connectivity index (χ1v) is 7.39. The molecule has 1 heteroatoms. The van der Waals surface area contributed by atoms with Gasteiger partial charge in [0.05, 0.1) is 6.10 Å². The molecule has 0 heterocycles. The van der Waals surface area contributed by atoms with Crippen LogP contribution in [0.4, 0.5) is 0 Å². The van der Waals surface area contributed by atoms with Crippen LogP contribution < -0.4 is 0 Å². The monoisotopic (exact) mass is 224 g/mol. The maximum absolute atomic E-state index is 5.82. The quantitative estimate of drug-likeness (QED) is 0.649. The lowest BCUT2D eigenvalue weighted by Gasteiger charge is -2.29. The van der Waals surface area contributed by atoms with Gasteiger partial charge in [0.2, 0.25) is 0 Å². The maximum Gasteiger partial charge on any atom is 0.0630 e. The lowest BCUT2D eigenvalue weighted by Crippen LogP contribution is -2.27. The first kappa shape index (κ1) is 12.4. The van der Waals surface area contributed by atoms with E-state index in [1.54, 1.807) is 0 Å². The van der Waals surface area contributed by atoms with Gasteiger partial charge in [0.1, 0.15) is 0 Å². The summed E-state index contributed by atoms with van der Waals surface area (Å²) in [5, 5.41) is 0. The van der Waals surface area contributed by atoms with Crippen molar-refractivity contribution < 1.29 is 4.74 Å². The molecular weight excluding hydrogens is 196 g/mol. The summed E-state index contributed by atoms with van der Waals surface area (Å²) in [4.78, 5) is 0. The summed E-state index contributed by atoms with van der Waals surface area (Å²) in [5.74, 6) is 2.81. The van der Waals surface area contributed by atoms with Gasteiger partial charge in [-0.15, -0.1) is 0 Å². The SMILES string of the molecule is CCCCC1CC1[C@H](OC)C1CCCCC1. The van der Waals surface area contributed by atoms with Gasteiger partial charge in [-0.25, -0.2) is 0 Å². The molecule has 2 saturated carbocycles. The Hall–Kier alpha value is -0.0400. The smallest absolute Gasteiger partial charge is 0.0630 e. The highest BCUT2D eigenvalue weighted by Gasteiger charge is 2.45. The molecule has 3 atom stereocenters. The molecule has 0 aromatic heterocycles. The van der Waals surface area contributed by atoms with E-state index in [9.17, 15) is 0 Å². The zero-order chi connectivity index (χ0) is 11.4. The van der Waals surface area contributed by atoms with Crippen molar-refractivity contribution in [2.24, 2.45) is 17.8 Å². The number of rotatable bonds is 6. The van der Waals surface area contributed by atoms with Gasteiger partial charge in [-0.1, -0.05) is 45.4 Å². The fourth-order valence-corrected chi connectivity index (χ4v) is 3.65. The minimum absolute atomic E-state index is 0.599. The van der Waals surface area contributed by atoms with Crippen LogP contribution in [-0.4, -0.2) is 13.2 Å². The Morgan fingerprint density at radius 2 is 1.94 bits per heavy atom. The Morgan fingerprint density at radius 1 is 1.19 bits per heavy atom. The fourth-order valence-electron chi connectivity index (χ4n) is 3.65. The van der Waals surface area contributed by atoms with Crippen LogP contribution in [0.1, 0.15) is 64.7 Å². The lowest BCUT2D eigenvalue weighted by molar-refractivity contribution is 0.0162. The lowest BCUT2D eigenvalue weighted by atomic mass is 9.83. The van der Waals surface area contributed by atoms with Crippen LogP contribution in [0.3, 0.4) is 0 Å². The van der Waals surface area contributed by atoms with E-state index in [1.165, 1.54) is 57.8 Å². The molecule has 0 aromatic rings. The van der Waals surface area contributed by atoms with Crippen molar-refractivity contribution in [3.8, 4) is 0 Å². The van der Waals surface area contributed by atoms with E-state index in [-0.39, 0.29) is 0 Å². The van der Waals surface area contributed by atoms with E-state index in [0.717, 1.165) is 17.8 Å². The zero-order valence-corrected chi connectivity index (χ0v) is 11.1. The molecule has 2 unspecified atom stereocenters. The molecule has 0 saturated heterocycles. The second-order valence-electron chi connectivity index (χ2n) is 5.90. The normalized spacial score (nSPS) is 32.6. The van der Waals surface area contributed by atoms with Gasteiger partial charge in [0.15, 0.2) is 0 Å². The van der Waals surface area contributed by atoms with Gasteiger partial charge < -0.3 is 4.74 Å². The van der Waals surface area contributed by atoms with Crippen molar-refractivity contribution in [3.05, 3.63) is 0 Å². The topological polar surface area (TPSA) is 9.23 Å². The molecule has 0 aromatic carbocycles. The van der Waals surface area contributed by atoms with Gasteiger partial charge in [-0.05, 0) is 37.0 Å². The summed E-state index contributed by atoms with van der Waals surface area (Å²) in [7, 11) is 1.94. The van der Waals surface area contributed by atoms with Crippen LogP contribution in [0.25, 0.3) is 0 Å². The molecule has 0 N–H and O–H groups in total. The highest BCUT2D eigenvalue weighted by molar-refractivity contribution is 4.95. The van der Waals surface area contributed by atoms with Crippen LogP contribution in [0.2, 0.25) is 0 Å². The second-order valence-corrected chi connectivity index (χ2v) is 5.90. The Labute approximate surface area is 101 Å². The number of hydrogen-bond acceptors (Lipinski definition) is 1.